The molecule has 0 atom stereocenters. The maximum Gasteiger partial charge on any atom is 0.320 e. The first-order valence-corrected chi connectivity index (χ1v) is 9.47. The fourth-order valence-electron chi connectivity index (χ4n) is 2.27. The summed E-state index contributed by atoms with van der Waals surface area (Å²) < 4.78 is 10.5. The standard InChI is InChI=1S/C20H22BrNO4/c21-11-12-22(13-19(23)25-15-17-7-3-1-4-8-17)14-20(24)26-16-18-9-5-2-6-10-18/h1-10H,11-16H2. The Morgan fingerprint density at radius 1 is 0.769 bits per heavy atom. The average Bonchev–Trinajstić information content (AvgIpc) is 2.66. The predicted octanol–water partition coefficient (Wildman–Crippen LogP) is 3.17. The Balaban J connectivity index is 1.75. The van der Waals surface area contributed by atoms with Crippen molar-refractivity contribution in [3.63, 3.8) is 0 Å². The lowest BCUT2D eigenvalue weighted by Crippen LogP contribution is -2.37. The molecular weight excluding hydrogens is 398 g/mol. The highest BCUT2D eigenvalue weighted by Crippen LogP contribution is 2.04. The molecule has 0 N–H and O–H groups in total. The fraction of sp³-hybridized carbons (Fsp3) is 0.300. The van der Waals surface area contributed by atoms with Crippen LogP contribution in [0.25, 0.3) is 0 Å². The highest BCUT2D eigenvalue weighted by atomic mass is 79.9. The van der Waals surface area contributed by atoms with Crippen molar-refractivity contribution in [2.24, 2.45) is 0 Å². The molecule has 0 aliphatic carbocycles. The predicted molar refractivity (Wildman–Crippen MR) is 103 cm³/mol. The van der Waals surface area contributed by atoms with Crippen LogP contribution in [0.5, 0.6) is 0 Å². The van der Waals surface area contributed by atoms with Crippen molar-refractivity contribution in [2.75, 3.05) is 25.0 Å². The summed E-state index contributed by atoms with van der Waals surface area (Å²) >= 11 is 3.34. The first-order chi connectivity index (χ1) is 12.7. The van der Waals surface area contributed by atoms with Gasteiger partial charge in [0.2, 0.25) is 0 Å². The zero-order chi connectivity index (χ0) is 18.6. The lowest BCUT2D eigenvalue weighted by atomic mass is 10.2. The van der Waals surface area contributed by atoms with Crippen molar-refractivity contribution in [1.82, 2.24) is 4.90 Å². The maximum absolute atomic E-state index is 12.0. The number of rotatable bonds is 10. The first kappa shape index (κ1) is 20.1. The minimum Gasteiger partial charge on any atom is -0.460 e. The largest absolute Gasteiger partial charge is 0.460 e. The topological polar surface area (TPSA) is 55.8 Å². The van der Waals surface area contributed by atoms with Crippen molar-refractivity contribution in [3.05, 3.63) is 71.8 Å². The molecule has 2 aromatic carbocycles. The Morgan fingerprint density at radius 2 is 1.19 bits per heavy atom. The second-order valence-corrected chi connectivity index (χ2v) is 6.49. The normalized spacial score (nSPS) is 10.5. The summed E-state index contributed by atoms with van der Waals surface area (Å²) in [7, 11) is 0. The van der Waals surface area contributed by atoms with Crippen LogP contribution in [0.1, 0.15) is 11.1 Å². The van der Waals surface area contributed by atoms with E-state index < -0.39 is 0 Å². The van der Waals surface area contributed by atoms with Crippen LogP contribution >= 0.6 is 15.9 Å². The number of hydrogen-bond acceptors (Lipinski definition) is 5. The van der Waals surface area contributed by atoms with Crippen LogP contribution in [0.4, 0.5) is 0 Å². The van der Waals surface area contributed by atoms with Gasteiger partial charge in [0.05, 0.1) is 13.1 Å². The molecule has 0 saturated heterocycles. The summed E-state index contributed by atoms with van der Waals surface area (Å²) in [6, 6.07) is 19.0. The molecule has 0 radical (unpaired) electrons. The molecular formula is C20H22BrNO4. The van der Waals surface area contributed by atoms with Gasteiger partial charge in [0.15, 0.2) is 0 Å². The minimum atomic E-state index is -0.370. The van der Waals surface area contributed by atoms with E-state index in [9.17, 15) is 9.59 Å². The quantitative estimate of drug-likeness (QED) is 0.437. The van der Waals surface area contributed by atoms with Crippen molar-refractivity contribution >= 4 is 27.9 Å². The molecule has 0 bridgehead atoms. The van der Waals surface area contributed by atoms with Crippen molar-refractivity contribution in [1.29, 1.82) is 0 Å². The SMILES string of the molecule is O=C(CN(CCBr)CC(=O)OCc1ccccc1)OCc1ccccc1. The van der Waals surface area contributed by atoms with E-state index in [1.165, 1.54) is 0 Å². The van der Waals surface area contributed by atoms with Crippen LogP contribution in [0.3, 0.4) is 0 Å². The second kappa shape index (κ2) is 11.4. The third-order valence-corrected chi connectivity index (χ3v) is 3.95. The van der Waals surface area contributed by atoms with Crippen LogP contribution < -0.4 is 0 Å². The zero-order valence-corrected chi connectivity index (χ0v) is 16.1. The molecule has 0 spiro atoms. The molecule has 0 saturated carbocycles. The Labute approximate surface area is 162 Å². The molecule has 0 aliphatic rings. The van der Waals surface area contributed by atoms with Gasteiger partial charge in [0.25, 0.3) is 0 Å². The Hall–Kier alpha value is -2.18. The van der Waals surface area contributed by atoms with E-state index in [4.69, 9.17) is 9.47 Å². The van der Waals surface area contributed by atoms with Crippen LogP contribution in [0.15, 0.2) is 60.7 Å². The second-order valence-electron chi connectivity index (χ2n) is 5.69. The van der Waals surface area contributed by atoms with Crippen molar-refractivity contribution in [2.45, 2.75) is 13.2 Å². The van der Waals surface area contributed by atoms with Gasteiger partial charge in [-0.3, -0.25) is 14.5 Å². The summed E-state index contributed by atoms with van der Waals surface area (Å²) in [5.74, 6) is -0.740. The lowest BCUT2D eigenvalue weighted by Gasteiger charge is -2.19. The summed E-state index contributed by atoms with van der Waals surface area (Å²) in [6.45, 7) is 1.07. The summed E-state index contributed by atoms with van der Waals surface area (Å²) in [6.07, 6.45) is 0. The molecule has 0 amide bonds. The molecule has 0 aliphatic heterocycles. The number of nitrogens with zero attached hydrogens (tertiary/aromatic N) is 1. The van der Waals surface area contributed by atoms with E-state index in [1.807, 2.05) is 60.7 Å². The number of carbonyl (C=O) groups is 2. The van der Waals surface area contributed by atoms with Crippen LogP contribution in [0.2, 0.25) is 0 Å². The van der Waals surface area contributed by atoms with E-state index >= 15 is 0 Å². The number of alkyl halides is 1. The maximum atomic E-state index is 12.0. The molecule has 2 aromatic rings. The van der Waals surface area contributed by atoms with Gasteiger partial charge in [-0.15, -0.1) is 0 Å². The number of benzene rings is 2. The number of ether oxygens (including phenoxy) is 2. The highest BCUT2D eigenvalue weighted by molar-refractivity contribution is 9.09. The van der Waals surface area contributed by atoms with E-state index in [0.29, 0.717) is 11.9 Å². The van der Waals surface area contributed by atoms with Gasteiger partial charge in [-0.05, 0) is 11.1 Å². The Kier molecular flexibility index (Phi) is 8.86. The molecule has 0 unspecified atom stereocenters. The van der Waals surface area contributed by atoms with Crippen LogP contribution in [0, 0.1) is 0 Å². The fourth-order valence-corrected chi connectivity index (χ4v) is 2.77. The van der Waals surface area contributed by atoms with Gasteiger partial charge < -0.3 is 9.47 Å². The monoisotopic (exact) mass is 419 g/mol. The first-order valence-electron chi connectivity index (χ1n) is 8.35. The van der Waals surface area contributed by atoms with Crippen molar-refractivity contribution < 1.29 is 19.1 Å². The van der Waals surface area contributed by atoms with Gasteiger partial charge >= 0.3 is 11.9 Å². The minimum absolute atomic E-state index is 0.0405. The molecule has 6 heteroatoms. The van der Waals surface area contributed by atoms with Gasteiger partial charge in [-0.25, -0.2) is 0 Å². The van der Waals surface area contributed by atoms with E-state index in [2.05, 4.69) is 15.9 Å². The summed E-state index contributed by atoms with van der Waals surface area (Å²) in [5, 5.41) is 0.644. The van der Waals surface area contributed by atoms with Gasteiger partial charge in [-0.2, -0.15) is 0 Å². The highest BCUT2D eigenvalue weighted by Gasteiger charge is 2.16. The van der Waals surface area contributed by atoms with Crippen LogP contribution in [-0.2, 0) is 32.3 Å². The number of carbonyl (C=O) groups excluding carboxylic acids is 2. The van der Waals surface area contributed by atoms with Crippen LogP contribution in [-0.4, -0.2) is 41.8 Å². The summed E-state index contributed by atoms with van der Waals surface area (Å²) in [4.78, 5) is 25.8. The van der Waals surface area contributed by atoms with E-state index in [0.717, 1.165) is 11.1 Å². The third-order valence-electron chi connectivity index (χ3n) is 3.59. The lowest BCUT2D eigenvalue weighted by molar-refractivity contribution is -0.149. The number of hydrogen-bond donors (Lipinski definition) is 0. The Morgan fingerprint density at radius 3 is 1.58 bits per heavy atom. The van der Waals surface area contributed by atoms with Gasteiger partial charge in [0, 0.05) is 11.9 Å². The molecule has 0 heterocycles. The molecule has 2 rings (SSSR count). The smallest absolute Gasteiger partial charge is 0.320 e. The molecule has 5 nitrogen and oxygen atoms in total. The number of halogens is 1. The third kappa shape index (κ3) is 7.80. The molecule has 138 valence electrons. The molecule has 0 fully saturated rings. The van der Waals surface area contributed by atoms with Crippen molar-refractivity contribution in [3.8, 4) is 0 Å². The molecule has 26 heavy (non-hydrogen) atoms. The van der Waals surface area contributed by atoms with Gasteiger partial charge in [-0.1, -0.05) is 76.6 Å². The zero-order valence-electron chi connectivity index (χ0n) is 14.5. The van der Waals surface area contributed by atoms with E-state index in [-0.39, 0.29) is 38.2 Å². The average molecular weight is 420 g/mol. The Bertz CT molecular complexity index is 621. The number of esters is 2. The van der Waals surface area contributed by atoms with E-state index in [1.54, 1.807) is 4.90 Å². The molecule has 0 aromatic heterocycles. The summed E-state index contributed by atoms with van der Waals surface area (Å²) in [5.41, 5.74) is 1.85. The van der Waals surface area contributed by atoms with Gasteiger partial charge in [0.1, 0.15) is 13.2 Å².